The first-order valence-electron chi connectivity index (χ1n) is 7.73. The van der Waals surface area contributed by atoms with Crippen LogP contribution in [0.25, 0.3) is 0 Å². The van der Waals surface area contributed by atoms with Gasteiger partial charge in [-0.1, -0.05) is 6.07 Å². The topological polar surface area (TPSA) is 51.7 Å². The van der Waals surface area contributed by atoms with E-state index >= 15 is 0 Å². The van der Waals surface area contributed by atoms with Gasteiger partial charge >= 0.3 is 0 Å². The van der Waals surface area contributed by atoms with Crippen molar-refractivity contribution in [3.05, 3.63) is 53.7 Å². The van der Waals surface area contributed by atoms with Gasteiger partial charge in [-0.2, -0.15) is 0 Å². The number of carbonyl (C=O) groups excluding carboxylic acids is 1. The Bertz CT molecular complexity index is 685. The van der Waals surface area contributed by atoms with Crippen molar-refractivity contribution in [3.63, 3.8) is 0 Å². The largest absolute Gasteiger partial charge is 0.439 e. The zero-order valence-electron chi connectivity index (χ0n) is 13.4. The minimum absolute atomic E-state index is 0.0290. The van der Waals surface area contributed by atoms with Crippen molar-refractivity contribution >= 4 is 5.91 Å². The molecule has 0 N–H and O–H groups in total. The second-order valence-corrected chi connectivity index (χ2v) is 5.67. The maximum absolute atomic E-state index is 12.6. The molecule has 1 atom stereocenters. The number of pyridine rings is 1. The van der Waals surface area contributed by atoms with Crippen molar-refractivity contribution in [2.24, 2.45) is 0 Å². The van der Waals surface area contributed by atoms with Crippen LogP contribution in [0.2, 0.25) is 0 Å². The highest BCUT2D eigenvalue weighted by atomic mass is 16.5. The Balaban J connectivity index is 1.72. The van der Waals surface area contributed by atoms with Crippen LogP contribution in [0.15, 0.2) is 42.6 Å². The molecule has 1 aromatic heterocycles. The number of nitrogens with zero attached hydrogens (tertiary/aromatic N) is 2. The fraction of sp³-hybridized carbons (Fsp3) is 0.333. The van der Waals surface area contributed by atoms with Crippen molar-refractivity contribution in [1.29, 1.82) is 0 Å². The molecule has 0 aliphatic carbocycles. The van der Waals surface area contributed by atoms with E-state index in [0.717, 1.165) is 5.56 Å². The normalized spacial score (nSPS) is 17.8. The second kappa shape index (κ2) is 6.79. The van der Waals surface area contributed by atoms with Gasteiger partial charge in [-0.15, -0.1) is 0 Å². The zero-order chi connectivity index (χ0) is 16.2. The Labute approximate surface area is 135 Å². The number of carbonyl (C=O) groups is 1. The predicted octanol–water partition coefficient (Wildman–Crippen LogP) is 3.04. The number of rotatable bonds is 3. The van der Waals surface area contributed by atoms with Crippen molar-refractivity contribution in [2.45, 2.75) is 19.9 Å². The van der Waals surface area contributed by atoms with E-state index in [2.05, 4.69) is 4.98 Å². The van der Waals surface area contributed by atoms with Crippen molar-refractivity contribution in [1.82, 2.24) is 9.88 Å². The smallest absolute Gasteiger partial charge is 0.254 e. The minimum Gasteiger partial charge on any atom is -0.439 e. The van der Waals surface area contributed by atoms with Crippen LogP contribution in [0.3, 0.4) is 0 Å². The number of aromatic nitrogens is 1. The van der Waals surface area contributed by atoms with Crippen molar-refractivity contribution in [3.8, 4) is 11.6 Å². The number of aryl methyl sites for hydroxylation is 1. The molecule has 5 nitrogen and oxygen atoms in total. The van der Waals surface area contributed by atoms with Crippen LogP contribution in [0, 0.1) is 6.92 Å². The number of ether oxygens (including phenoxy) is 2. The molecular weight excluding hydrogens is 292 g/mol. The van der Waals surface area contributed by atoms with E-state index in [1.165, 1.54) is 0 Å². The first kappa shape index (κ1) is 15.5. The molecular formula is C18H20N2O3. The summed E-state index contributed by atoms with van der Waals surface area (Å²) in [5.41, 5.74) is 1.62. The zero-order valence-corrected chi connectivity index (χ0v) is 13.4. The minimum atomic E-state index is 0.0290. The molecule has 1 fully saturated rings. The third-order valence-corrected chi connectivity index (χ3v) is 3.91. The lowest BCUT2D eigenvalue weighted by atomic mass is 10.1. The molecule has 120 valence electrons. The third kappa shape index (κ3) is 3.51. The summed E-state index contributed by atoms with van der Waals surface area (Å²) in [6.07, 6.45) is 1.69. The summed E-state index contributed by atoms with van der Waals surface area (Å²) in [5, 5.41) is 0. The monoisotopic (exact) mass is 312 g/mol. The van der Waals surface area contributed by atoms with Crippen molar-refractivity contribution < 1.29 is 14.3 Å². The molecule has 5 heteroatoms. The van der Waals surface area contributed by atoms with Crippen LogP contribution < -0.4 is 4.74 Å². The van der Waals surface area contributed by atoms with Crippen LogP contribution >= 0.6 is 0 Å². The lowest BCUT2D eigenvalue weighted by Crippen LogP contribution is -2.47. The Hall–Kier alpha value is -2.40. The van der Waals surface area contributed by atoms with Crippen LogP contribution in [0.1, 0.15) is 22.8 Å². The van der Waals surface area contributed by atoms with Crippen LogP contribution in [-0.4, -0.2) is 41.6 Å². The average Bonchev–Trinajstić information content (AvgIpc) is 2.57. The van der Waals surface area contributed by atoms with E-state index in [0.29, 0.717) is 37.0 Å². The molecule has 0 saturated carbocycles. The molecule has 2 aromatic rings. The standard InChI is InChI=1S/C18H20N2O3/c1-13-4-3-9-19-17(13)23-16-7-5-15(6-8-16)18(21)20-10-11-22-12-14(20)2/h3-9,14H,10-12H2,1-2H3/t14-/m0/s1. The maximum atomic E-state index is 12.6. The number of hydrogen-bond acceptors (Lipinski definition) is 4. The second-order valence-electron chi connectivity index (χ2n) is 5.67. The summed E-state index contributed by atoms with van der Waals surface area (Å²) >= 11 is 0. The highest BCUT2D eigenvalue weighted by Gasteiger charge is 2.24. The van der Waals surface area contributed by atoms with Gasteiger partial charge in [0.1, 0.15) is 5.75 Å². The fourth-order valence-corrected chi connectivity index (χ4v) is 2.55. The first-order chi connectivity index (χ1) is 11.1. The van der Waals surface area contributed by atoms with Crippen LogP contribution in [0.5, 0.6) is 11.6 Å². The number of amides is 1. The van der Waals surface area contributed by atoms with E-state index < -0.39 is 0 Å². The van der Waals surface area contributed by atoms with E-state index in [4.69, 9.17) is 9.47 Å². The van der Waals surface area contributed by atoms with Gasteiger partial charge in [0.15, 0.2) is 0 Å². The third-order valence-electron chi connectivity index (χ3n) is 3.91. The SMILES string of the molecule is Cc1cccnc1Oc1ccc(C(=O)N2CCOC[C@@H]2C)cc1. The summed E-state index contributed by atoms with van der Waals surface area (Å²) in [4.78, 5) is 18.6. The lowest BCUT2D eigenvalue weighted by Gasteiger charge is -2.33. The van der Waals surface area contributed by atoms with E-state index in [-0.39, 0.29) is 11.9 Å². The van der Waals surface area contributed by atoms with Crippen LogP contribution in [0.4, 0.5) is 0 Å². The van der Waals surface area contributed by atoms with Gasteiger partial charge in [0.2, 0.25) is 5.88 Å². The molecule has 1 amide bonds. The van der Waals surface area contributed by atoms with Gasteiger partial charge in [0.05, 0.1) is 19.3 Å². The van der Waals surface area contributed by atoms with Crippen molar-refractivity contribution in [2.75, 3.05) is 19.8 Å². The predicted molar refractivity (Wildman–Crippen MR) is 86.8 cm³/mol. The molecule has 1 saturated heterocycles. The number of hydrogen-bond donors (Lipinski definition) is 0. The molecule has 1 aliphatic rings. The van der Waals surface area contributed by atoms with E-state index in [9.17, 15) is 4.79 Å². The molecule has 2 heterocycles. The highest BCUT2D eigenvalue weighted by Crippen LogP contribution is 2.23. The highest BCUT2D eigenvalue weighted by molar-refractivity contribution is 5.94. The van der Waals surface area contributed by atoms with Crippen LogP contribution in [-0.2, 0) is 4.74 Å². The van der Waals surface area contributed by atoms with Gasteiger partial charge in [0, 0.05) is 23.9 Å². The van der Waals surface area contributed by atoms with Gasteiger partial charge < -0.3 is 14.4 Å². The van der Waals surface area contributed by atoms with Gasteiger partial charge in [0.25, 0.3) is 5.91 Å². The molecule has 0 radical (unpaired) electrons. The lowest BCUT2D eigenvalue weighted by molar-refractivity contribution is 0.00359. The molecule has 3 rings (SSSR count). The Morgan fingerprint density at radius 1 is 1.30 bits per heavy atom. The maximum Gasteiger partial charge on any atom is 0.254 e. The fourth-order valence-electron chi connectivity index (χ4n) is 2.55. The molecule has 1 aliphatic heterocycles. The Morgan fingerprint density at radius 2 is 2.09 bits per heavy atom. The molecule has 0 unspecified atom stereocenters. The molecule has 0 spiro atoms. The summed E-state index contributed by atoms with van der Waals surface area (Å²) < 4.78 is 11.1. The summed E-state index contributed by atoms with van der Waals surface area (Å²) in [6.45, 7) is 5.76. The summed E-state index contributed by atoms with van der Waals surface area (Å²) in [6, 6.07) is 11.1. The van der Waals surface area contributed by atoms with Gasteiger partial charge in [-0.25, -0.2) is 4.98 Å². The average molecular weight is 312 g/mol. The first-order valence-corrected chi connectivity index (χ1v) is 7.73. The Kier molecular flexibility index (Phi) is 4.57. The number of benzene rings is 1. The Morgan fingerprint density at radius 3 is 2.78 bits per heavy atom. The summed E-state index contributed by atoms with van der Waals surface area (Å²) in [5.74, 6) is 1.27. The number of morpholine rings is 1. The van der Waals surface area contributed by atoms with Gasteiger partial charge in [-0.05, 0) is 44.2 Å². The quantitative estimate of drug-likeness (QED) is 0.874. The molecule has 23 heavy (non-hydrogen) atoms. The van der Waals surface area contributed by atoms with E-state index in [1.54, 1.807) is 30.5 Å². The van der Waals surface area contributed by atoms with E-state index in [1.807, 2.05) is 30.9 Å². The molecule has 0 bridgehead atoms. The summed E-state index contributed by atoms with van der Waals surface area (Å²) in [7, 11) is 0. The molecule has 1 aromatic carbocycles. The van der Waals surface area contributed by atoms with Gasteiger partial charge in [-0.3, -0.25) is 4.79 Å².